The van der Waals surface area contributed by atoms with Crippen LogP contribution in [0.4, 0.5) is 5.69 Å². The molecule has 0 aliphatic heterocycles. The van der Waals surface area contributed by atoms with Crippen LogP contribution in [0.5, 0.6) is 5.75 Å². The summed E-state index contributed by atoms with van der Waals surface area (Å²) < 4.78 is 5.00. The molecular formula is C9H10N2O3S. The predicted octanol–water partition coefficient (Wildman–Crippen LogP) is 1.05. The van der Waals surface area contributed by atoms with Gasteiger partial charge in [0.15, 0.2) is 5.11 Å². The van der Waals surface area contributed by atoms with Crippen LogP contribution in [-0.4, -0.2) is 23.3 Å². The summed E-state index contributed by atoms with van der Waals surface area (Å²) in [5, 5.41) is 11.5. The summed E-state index contributed by atoms with van der Waals surface area (Å²) in [5.74, 6) is -0.699. The Morgan fingerprint density at radius 3 is 2.73 bits per heavy atom. The van der Waals surface area contributed by atoms with Gasteiger partial charge in [0, 0.05) is 0 Å². The fourth-order valence-electron chi connectivity index (χ4n) is 1.13. The molecule has 0 aliphatic rings. The summed E-state index contributed by atoms with van der Waals surface area (Å²) in [4.78, 5) is 10.9. The topological polar surface area (TPSA) is 84.6 Å². The molecule has 15 heavy (non-hydrogen) atoms. The van der Waals surface area contributed by atoms with Gasteiger partial charge in [0.1, 0.15) is 5.75 Å². The zero-order chi connectivity index (χ0) is 11.4. The van der Waals surface area contributed by atoms with E-state index >= 15 is 0 Å². The van der Waals surface area contributed by atoms with Gasteiger partial charge in [-0.15, -0.1) is 0 Å². The number of hydrogen-bond acceptors (Lipinski definition) is 3. The van der Waals surface area contributed by atoms with Crippen LogP contribution in [0.1, 0.15) is 10.4 Å². The molecule has 0 aliphatic carbocycles. The standard InChI is InChI=1S/C9H10N2O3S/c1-14-6-4-2-3-5(8(12)13)7(6)11-9(10)15/h2-4H,1H3,(H,12,13)(H3,10,11,15). The third-order valence-electron chi connectivity index (χ3n) is 1.72. The lowest BCUT2D eigenvalue weighted by Gasteiger charge is -2.12. The minimum Gasteiger partial charge on any atom is -0.495 e. The van der Waals surface area contributed by atoms with Gasteiger partial charge >= 0.3 is 5.97 Å². The predicted molar refractivity (Wildman–Crippen MR) is 60.4 cm³/mol. The van der Waals surface area contributed by atoms with E-state index in [0.717, 1.165) is 0 Å². The Morgan fingerprint density at radius 1 is 1.60 bits per heavy atom. The Hall–Kier alpha value is -1.82. The number of thiocarbonyl (C=S) groups is 1. The summed E-state index contributed by atoms with van der Waals surface area (Å²) in [7, 11) is 1.44. The van der Waals surface area contributed by atoms with E-state index in [2.05, 4.69) is 17.5 Å². The number of nitrogens with two attached hydrogens (primary N) is 1. The molecule has 0 spiro atoms. The lowest BCUT2D eigenvalue weighted by molar-refractivity contribution is 0.0697. The SMILES string of the molecule is COc1cccc(C(=O)O)c1NC(N)=S. The number of rotatable bonds is 3. The molecule has 0 radical (unpaired) electrons. The fourth-order valence-corrected chi connectivity index (χ4v) is 1.23. The second kappa shape index (κ2) is 4.61. The van der Waals surface area contributed by atoms with Gasteiger partial charge in [-0.3, -0.25) is 0 Å². The monoisotopic (exact) mass is 226 g/mol. The number of carboxylic acid groups (broad SMARTS) is 1. The molecule has 80 valence electrons. The molecule has 0 fully saturated rings. The molecule has 1 aromatic carbocycles. The molecule has 0 bridgehead atoms. The number of aromatic carboxylic acids is 1. The van der Waals surface area contributed by atoms with Crippen molar-refractivity contribution in [1.82, 2.24) is 0 Å². The van der Waals surface area contributed by atoms with Crippen LogP contribution in [0.2, 0.25) is 0 Å². The molecule has 1 rings (SSSR count). The highest BCUT2D eigenvalue weighted by Gasteiger charge is 2.14. The number of para-hydroxylation sites is 1. The molecular weight excluding hydrogens is 216 g/mol. The van der Waals surface area contributed by atoms with Crippen molar-refractivity contribution in [2.45, 2.75) is 0 Å². The normalized spacial score (nSPS) is 9.40. The molecule has 6 heteroatoms. The molecule has 0 atom stereocenters. The average molecular weight is 226 g/mol. The summed E-state index contributed by atoms with van der Waals surface area (Å²) >= 11 is 4.65. The Morgan fingerprint density at radius 2 is 2.27 bits per heavy atom. The van der Waals surface area contributed by atoms with Crippen LogP contribution in [0.15, 0.2) is 18.2 Å². The number of ether oxygens (including phenoxy) is 1. The molecule has 0 heterocycles. The van der Waals surface area contributed by atoms with Crippen molar-refractivity contribution >= 4 is 29.0 Å². The number of carbonyl (C=O) groups is 1. The molecule has 1 aromatic rings. The van der Waals surface area contributed by atoms with Crippen LogP contribution in [0.25, 0.3) is 0 Å². The smallest absolute Gasteiger partial charge is 0.337 e. The quantitative estimate of drug-likeness (QED) is 0.668. The second-order valence-electron chi connectivity index (χ2n) is 2.68. The van der Waals surface area contributed by atoms with E-state index in [9.17, 15) is 4.79 Å². The minimum atomic E-state index is -1.08. The molecule has 4 N–H and O–H groups in total. The van der Waals surface area contributed by atoms with Crippen LogP contribution in [-0.2, 0) is 0 Å². The van der Waals surface area contributed by atoms with Crippen molar-refractivity contribution in [2.75, 3.05) is 12.4 Å². The summed E-state index contributed by atoms with van der Waals surface area (Å²) in [6.07, 6.45) is 0. The average Bonchev–Trinajstić information content (AvgIpc) is 2.16. The van der Waals surface area contributed by atoms with E-state index in [-0.39, 0.29) is 16.4 Å². The van der Waals surface area contributed by atoms with E-state index in [0.29, 0.717) is 5.75 Å². The maximum absolute atomic E-state index is 10.9. The zero-order valence-corrected chi connectivity index (χ0v) is 8.80. The Bertz CT molecular complexity index is 406. The van der Waals surface area contributed by atoms with Gasteiger partial charge in [-0.05, 0) is 24.4 Å². The lowest BCUT2D eigenvalue weighted by Crippen LogP contribution is -2.21. The molecule has 5 nitrogen and oxygen atoms in total. The highest BCUT2D eigenvalue weighted by Crippen LogP contribution is 2.28. The number of carboxylic acids is 1. The van der Waals surface area contributed by atoms with Gasteiger partial charge in [-0.25, -0.2) is 4.79 Å². The summed E-state index contributed by atoms with van der Waals surface area (Å²) in [6.45, 7) is 0. The lowest BCUT2D eigenvalue weighted by atomic mass is 10.1. The second-order valence-corrected chi connectivity index (χ2v) is 3.12. The van der Waals surface area contributed by atoms with Crippen molar-refractivity contribution in [3.05, 3.63) is 23.8 Å². The van der Waals surface area contributed by atoms with Gasteiger partial charge in [0.05, 0.1) is 18.4 Å². The first kappa shape index (κ1) is 11.3. The van der Waals surface area contributed by atoms with Crippen molar-refractivity contribution in [3.8, 4) is 5.75 Å². The maximum atomic E-state index is 10.9. The maximum Gasteiger partial charge on any atom is 0.337 e. The van der Waals surface area contributed by atoms with Gasteiger partial charge in [-0.1, -0.05) is 6.07 Å². The summed E-state index contributed by atoms with van der Waals surface area (Å²) in [6, 6.07) is 4.63. The van der Waals surface area contributed by atoms with E-state index in [1.165, 1.54) is 13.2 Å². The van der Waals surface area contributed by atoms with Crippen LogP contribution in [0, 0.1) is 0 Å². The highest BCUT2D eigenvalue weighted by atomic mass is 32.1. The Labute approximate surface area is 91.8 Å². The Kier molecular flexibility index (Phi) is 3.46. The number of methoxy groups -OCH3 is 1. The first-order valence-corrected chi connectivity index (χ1v) is 4.44. The zero-order valence-electron chi connectivity index (χ0n) is 7.98. The van der Waals surface area contributed by atoms with Crippen molar-refractivity contribution in [3.63, 3.8) is 0 Å². The third-order valence-corrected chi connectivity index (χ3v) is 1.83. The highest BCUT2D eigenvalue weighted by molar-refractivity contribution is 7.80. The molecule has 0 amide bonds. The Balaban J connectivity index is 3.26. The van der Waals surface area contributed by atoms with Crippen LogP contribution in [0.3, 0.4) is 0 Å². The number of benzene rings is 1. The summed E-state index contributed by atoms with van der Waals surface area (Å²) in [5.41, 5.74) is 5.61. The number of hydrogen-bond donors (Lipinski definition) is 3. The molecule has 0 unspecified atom stereocenters. The van der Waals surface area contributed by atoms with Gasteiger partial charge in [0.25, 0.3) is 0 Å². The molecule has 0 saturated carbocycles. The minimum absolute atomic E-state index is 0.0120. The first-order chi connectivity index (χ1) is 7.06. The molecule has 0 saturated heterocycles. The van der Waals surface area contributed by atoms with Crippen molar-refractivity contribution in [1.29, 1.82) is 0 Å². The van der Waals surface area contributed by atoms with E-state index < -0.39 is 5.97 Å². The van der Waals surface area contributed by atoms with Crippen LogP contribution < -0.4 is 15.8 Å². The number of nitrogens with one attached hydrogen (secondary N) is 1. The van der Waals surface area contributed by atoms with Gasteiger partial charge in [0.2, 0.25) is 0 Å². The van der Waals surface area contributed by atoms with Crippen LogP contribution >= 0.6 is 12.2 Å². The molecule has 0 aromatic heterocycles. The third kappa shape index (κ3) is 2.57. The van der Waals surface area contributed by atoms with Gasteiger partial charge in [-0.2, -0.15) is 0 Å². The first-order valence-electron chi connectivity index (χ1n) is 4.03. The van der Waals surface area contributed by atoms with E-state index in [1.54, 1.807) is 12.1 Å². The number of anilines is 1. The van der Waals surface area contributed by atoms with Gasteiger partial charge < -0.3 is 20.9 Å². The fraction of sp³-hybridized carbons (Fsp3) is 0.111. The van der Waals surface area contributed by atoms with Crippen molar-refractivity contribution < 1.29 is 14.6 Å². The largest absolute Gasteiger partial charge is 0.495 e. The van der Waals surface area contributed by atoms with Crippen molar-refractivity contribution in [2.24, 2.45) is 5.73 Å². The van der Waals surface area contributed by atoms with E-state index in [1.807, 2.05) is 0 Å². The van der Waals surface area contributed by atoms with E-state index in [4.69, 9.17) is 15.6 Å².